The van der Waals surface area contributed by atoms with Crippen LogP contribution in [0.3, 0.4) is 0 Å². The monoisotopic (exact) mass is 316 g/mol. The molecule has 2 aromatic carbocycles. The maximum Gasteiger partial charge on any atom is 0.422 e. The van der Waals surface area contributed by atoms with Crippen molar-refractivity contribution in [2.75, 3.05) is 0 Å². The molecule has 1 heterocycles. The second kappa shape index (κ2) is 5.48. The van der Waals surface area contributed by atoms with Crippen LogP contribution in [0, 0.1) is 15.9 Å². The van der Waals surface area contributed by atoms with Crippen molar-refractivity contribution < 1.29 is 13.7 Å². The smallest absolute Gasteiger partial charge is 0.409 e. The molecule has 23 heavy (non-hydrogen) atoms. The number of aromatic nitrogens is 1. The number of fused-ring (bicyclic) bond motifs is 1. The Kier molecular flexibility index (Phi) is 3.49. The van der Waals surface area contributed by atoms with E-state index in [-0.39, 0.29) is 16.5 Å². The number of nitro benzene ring substituents is 1. The van der Waals surface area contributed by atoms with Gasteiger partial charge in [-0.25, -0.2) is 9.36 Å². The van der Waals surface area contributed by atoms with E-state index in [0.29, 0.717) is 4.57 Å². The van der Waals surface area contributed by atoms with Gasteiger partial charge in [0, 0.05) is 11.6 Å². The Morgan fingerprint density at radius 3 is 2.61 bits per heavy atom. The van der Waals surface area contributed by atoms with Crippen molar-refractivity contribution in [2.24, 2.45) is 0 Å². The van der Waals surface area contributed by atoms with Crippen LogP contribution in [0.2, 0.25) is 0 Å². The van der Waals surface area contributed by atoms with Gasteiger partial charge < -0.3 is 4.42 Å². The number of rotatable bonds is 3. The fourth-order valence-electron chi connectivity index (χ4n) is 2.25. The van der Waals surface area contributed by atoms with Gasteiger partial charge in [-0.2, -0.15) is 4.39 Å². The lowest BCUT2D eigenvalue weighted by Crippen LogP contribution is -2.33. The third-order valence-corrected chi connectivity index (χ3v) is 3.36. The first-order valence-electron chi connectivity index (χ1n) is 6.53. The Labute approximate surface area is 127 Å². The third kappa shape index (κ3) is 2.50. The van der Waals surface area contributed by atoms with E-state index < -0.39 is 34.3 Å². The van der Waals surface area contributed by atoms with Crippen LogP contribution in [-0.4, -0.2) is 9.49 Å². The van der Waals surface area contributed by atoms with E-state index in [1.54, 1.807) is 12.1 Å². The van der Waals surface area contributed by atoms with Crippen molar-refractivity contribution in [2.45, 2.75) is 6.54 Å². The Morgan fingerprint density at radius 1 is 1.13 bits per heavy atom. The lowest BCUT2D eigenvalue weighted by Gasteiger charge is -2.06. The van der Waals surface area contributed by atoms with Crippen molar-refractivity contribution in [3.63, 3.8) is 0 Å². The molecule has 1 aromatic heterocycles. The summed E-state index contributed by atoms with van der Waals surface area (Å²) in [6, 6.07) is 9.70. The summed E-state index contributed by atoms with van der Waals surface area (Å²) in [6.45, 7) is -0.459. The van der Waals surface area contributed by atoms with Crippen LogP contribution in [0.15, 0.2) is 56.5 Å². The molecule has 0 N–H and O–H groups in total. The van der Waals surface area contributed by atoms with Crippen LogP contribution in [0.5, 0.6) is 0 Å². The highest BCUT2D eigenvalue weighted by molar-refractivity contribution is 5.74. The maximum atomic E-state index is 14.1. The van der Waals surface area contributed by atoms with E-state index in [2.05, 4.69) is 0 Å². The minimum absolute atomic E-state index is 0.123. The molecule has 0 fully saturated rings. The molecule has 0 aliphatic rings. The molecular formula is C15H9FN2O5. The minimum atomic E-state index is -1.09. The summed E-state index contributed by atoms with van der Waals surface area (Å²) in [6.07, 6.45) is 0. The van der Waals surface area contributed by atoms with Gasteiger partial charge in [-0.1, -0.05) is 24.3 Å². The number of halogens is 1. The molecule has 0 aliphatic heterocycles. The van der Waals surface area contributed by atoms with Crippen LogP contribution in [0.4, 0.5) is 10.1 Å². The zero-order chi connectivity index (χ0) is 16.6. The molecule has 0 unspecified atom stereocenters. The largest absolute Gasteiger partial charge is 0.422 e. The quantitative estimate of drug-likeness (QED) is 0.544. The summed E-state index contributed by atoms with van der Waals surface area (Å²) in [4.78, 5) is 34.1. The highest BCUT2D eigenvalue weighted by atomic mass is 19.1. The maximum absolute atomic E-state index is 14.1. The summed E-state index contributed by atoms with van der Waals surface area (Å²) in [5, 5.41) is 10.9. The lowest BCUT2D eigenvalue weighted by molar-refractivity contribution is -0.387. The molecule has 0 saturated carbocycles. The molecule has 0 atom stereocenters. The zero-order valence-corrected chi connectivity index (χ0v) is 11.6. The number of para-hydroxylation sites is 1. The van der Waals surface area contributed by atoms with Crippen molar-refractivity contribution in [3.8, 4) is 0 Å². The summed E-state index contributed by atoms with van der Waals surface area (Å²) in [5.74, 6) is -2.04. The van der Waals surface area contributed by atoms with Gasteiger partial charge in [-0.3, -0.25) is 14.9 Å². The summed E-state index contributed by atoms with van der Waals surface area (Å²) in [5.41, 5.74) is -1.40. The predicted molar refractivity (Wildman–Crippen MR) is 78.9 cm³/mol. The van der Waals surface area contributed by atoms with Crippen LogP contribution < -0.4 is 11.3 Å². The van der Waals surface area contributed by atoms with Crippen molar-refractivity contribution in [1.29, 1.82) is 0 Å². The molecule has 0 amide bonds. The average Bonchev–Trinajstić information content (AvgIpc) is 2.52. The minimum Gasteiger partial charge on any atom is -0.409 e. The van der Waals surface area contributed by atoms with Gasteiger partial charge in [0.15, 0.2) is 0 Å². The Hall–Kier alpha value is -3.29. The van der Waals surface area contributed by atoms with Crippen LogP contribution in [0.1, 0.15) is 5.56 Å². The second-order valence-electron chi connectivity index (χ2n) is 4.76. The SMILES string of the molecule is O=c1oc2ccccc2c(=O)n1Cc1cccc([N+](=O)[O-])c1F. The number of nitro groups is 1. The number of benzene rings is 2. The van der Waals surface area contributed by atoms with Crippen molar-refractivity contribution in [3.05, 3.63) is 84.9 Å². The normalized spacial score (nSPS) is 10.8. The standard InChI is InChI=1S/C15H9FN2O5/c16-13-9(4-3-6-11(13)18(21)22)8-17-14(19)10-5-1-2-7-12(10)23-15(17)20/h1-7H,8H2. The van der Waals surface area contributed by atoms with Crippen LogP contribution >= 0.6 is 0 Å². The van der Waals surface area contributed by atoms with Gasteiger partial charge >= 0.3 is 11.4 Å². The number of hydrogen-bond donors (Lipinski definition) is 0. The van der Waals surface area contributed by atoms with Crippen molar-refractivity contribution >= 4 is 16.7 Å². The topological polar surface area (TPSA) is 95.3 Å². The zero-order valence-electron chi connectivity index (χ0n) is 11.6. The first-order valence-corrected chi connectivity index (χ1v) is 6.53. The molecule has 7 nitrogen and oxygen atoms in total. The predicted octanol–water partition coefficient (Wildman–Crippen LogP) is 2.05. The molecule has 0 spiro atoms. The van der Waals surface area contributed by atoms with E-state index in [4.69, 9.17) is 4.42 Å². The highest BCUT2D eigenvalue weighted by Gasteiger charge is 2.19. The fraction of sp³-hybridized carbons (Fsp3) is 0.0667. The molecule has 8 heteroatoms. The van der Waals surface area contributed by atoms with Crippen LogP contribution in [0.25, 0.3) is 11.0 Å². The average molecular weight is 316 g/mol. The van der Waals surface area contributed by atoms with E-state index in [9.17, 15) is 24.1 Å². The van der Waals surface area contributed by atoms with Crippen LogP contribution in [-0.2, 0) is 6.54 Å². The summed E-state index contributed by atoms with van der Waals surface area (Å²) in [7, 11) is 0. The number of nitrogens with zero attached hydrogens (tertiary/aromatic N) is 2. The Balaban J connectivity index is 2.17. The molecular weight excluding hydrogens is 307 g/mol. The van der Waals surface area contributed by atoms with Gasteiger partial charge in [0.25, 0.3) is 5.56 Å². The van der Waals surface area contributed by atoms with Crippen molar-refractivity contribution in [1.82, 2.24) is 4.57 Å². The molecule has 0 aliphatic carbocycles. The van der Waals surface area contributed by atoms with E-state index >= 15 is 0 Å². The van der Waals surface area contributed by atoms with Gasteiger partial charge in [0.2, 0.25) is 5.82 Å². The number of hydrogen-bond acceptors (Lipinski definition) is 5. The summed E-state index contributed by atoms with van der Waals surface area (Å²) >= 11 is 0. The first kappa shape index (κ1) is 14.6. The lowest BCUT2D eigenvalue weighted by atomic mass is 10.2. The molecule has 0 saturated heterocycles. The Morgan fingerprint density at radius 2 is 1.87 bits per heavy atom. The first-order chi connectivity index (χ1) is 11.0. The van der Waals surface area contributed by atoms with E-state index in [1.807, 2.05) is 0 Å². The molecule has 3 aromatic rings. The van der Waals surface area contributed by atoms with Gasteiger partial charge in [-0.05, 0) is 12.1 Å². The second-order valence-corrected chi connectivity index (χ2v) is 4.76. The van der Waals surface area contributed by atoms with Gasteiger partial charge in [-0.15, -0.1) is 0 Å². The van der Waals surface area contributed by atoms with Gasteiger partial charge in [0.1, 0.15) is 5.58 Å². The molecule has 116 valence electrons. The molecule has 0 bridgehead atoms. The fourth-order valence-corrected chi connectivity index (χ4v) is 2.25. The Bertz CT molecular complexity index is 1040. The third-order valence-electron chi connectivity index (χ3n) is 3.36. The highest BCUT2D eigenvalue weighted by Crippen LogP contribution is 2.20. The van der Waals surface area contributed by atoms with Gasteiger partial charge in [0.05, 0.1) is 16.9 Å². The molecule has 0 radical (unpaired) electrons. The summed E-state index contributed by atoms with van der Waals surface area (Å²) < 4.78 is 19.8. The van der Waals surface area contributed by atoms with E-state index in [1.165, 1.54) is 24.3 Å². The molecule has 3 rings (SSSR count). The van der Waals surface area contributed by atoms with E-state index in [0.717, 1.165) is 6.07 Å².